The van der Waals surface area contributed by atoms with Gasteiger partial charge in [-0.15, -0.1) is 0 Å². The van der Waals surface area contributed by atoms with Gasteiger partial charge in [0.05, 0.1) is 20.4 Å². The number of halogens is 1. The van der Waals surface area contributed by atoms with Crippen LogP contribution < -0.4 is 5.32 Å². The van der Waals surface area contributed by atoms with Gasteiger partial charge in [0, 0.05) is 10.0 Å². The van der Waals surface area contributed by atoms with E-state index in [-0.39, 0.29) is 16.4 Å². The highest BCUT2D eigenvalue weighted by molar-refractivity contribution is 9.10. The van der Waals surface area contributed by atoms with Crippen molar-refractivity contribution in [3.8, 4) is 0 Å². The maximum atomic E-state index is 12.5. The molecule has 0 aliphatic rings. The van der Waals surface area contributed by atoms with E-state index < -0.39 is 15.1 Å². The number of benzene rings is 2. The SMILES string of the molecule is CC(C)S(=O)(=O)c1cccc(C(=O)Nc2nc3ccc(Br)cc3s2)c1. The number of nitrogens with zero attached hydrogens (tertiary/aromatic N) is 1. The molecular weight excluding hydrogens is 424 g/mol. The lowest BCUT2D eigenvalue weighted by Crippen LogP contribution is -2.16. The third kappa shape index (κ3) is 3.75. The van der Waals surface area contributed by atoms with Gasteiger partial charge in [0.2, 0.25) is 0 Å². The molecule has 0 saturated carbocycles. The molecule has 0 saturated heterocycles. The van der Waals surface area contributed by atoms with Crippen molar-refractivity contribution in [2.45, 2.75) is 24.0 Å². The van der Waals surface area contributed by atoms with Crippen LogP contribution in [-0.2, 0) is 9.84 Å². The Balaban J connectivity index is 1.88. The molecule has 0 spiro atoms. The zero-order valence-corrected chi connectivity index (χ0v) is 16.7. The van der Waals surface area contributed by atoms with E-state index in [0.29, 0.717) is 5.13 Å². The standard InChI is InChI=1S/C17H15BrN2O3S2/c1-10(2)25(22,23)13-5-3-4-11(8-13)16(21)20-17-19-14-7-6-12(18)9-15(14)24-17/h3-10H,1-2H3,(H,19,20,21). The number of carbonyl (C=O) groups excluding carboxylic acids is 1. The van der Waals surface area contributed by atoms with Gasteiger partial charge in [-0.2, -0.15) is 0 Å². The number of nitrogens with one attached hydrogen (secondary N) is 1. The summed E-state index contributed by atoms with van der Waals surface area (Å²) in [5.74, 6) is -0.390. The number of amides is 1. The van der Waals surface area contributed by atoms with Crippen LogP contribution in [0.15, 0.2) is 51.8 Å². The number of fused-ring (bicyclic) bond motifs is 1. The van der Waals surface area contributed by atoms with Crippen LogP contribution in [-0.4, -0.2) is 24.6 Å². The van der Waals surface area contributed by atoms with Gasteiger partial charge < -0.3 is 0 Å². The monoisotopic (exact) mass is 438 g/mol. The van der Waals surface area contributed by atoms with Gasteiger partial charge in [0.15, 0.2) is 15.0 Å². The molecule has 0 aliphatic heterocycles. The van der Waals surface area contributed by atoms with Crippen molar-refractivity contribution in [2.75, 3.05) is 5.32 Å². The second-order valence-electron chi connectivity index (χ2n) is 5.71. The molecule has 0 radical (unpaired) electrons. The second-order valence-corrected chi connectivity index (χ2v) is 10.2. The maximum Gasteiger partial charge on any atom is 0.257 e. The topological polar surface area (TPSA) is 76.1 Å². The Hall–Kier alpha value is -1.77. The Morgan fingerprint density at radius 2 is 1.96 bits per heavy atom. The highest BCUT2D eigenvalue weighted by atomic mass is 79.9. The maximum absolute atomic E-state index is 12.5. The summed E-state index contributed by atoms with van der Waals surface area (Å²) in [5, 5.41) is 2.65. The third-order valence-electron chi connectivity index (χ3n) is 3.62. The van der Waals surface area contributed by atoms with Gasteiger partial charge >= 0.3 is 0 Å². The lowest BCUT2D eigenvalue weighted by atomic mass is 10.2. The van der Waals surface area contributed by atoms with E-state index in [1.165, 1.54) is 23.5 Å². The number of hydrogen-bond acceptors (Lipinski definition) is 5. The molecule has 0 aliphatic carbocycles. The molecule has 1 heterocycles. The first kappa shape index (κ1) is 18.0. The van der Waals surface area contributed by atoms with Gasteiger partial charge in [-0.3, -0.25) is 10.1 Å². The van der Waals surface area contributed by atoms with Crippen molar-refractivity contribution in [3.05, 3.63) is 52.5 Å². The van der Waals surface area contributed by atoms with Crippen LogP contribution >= 0.6 is 27.3 Å². The van der Waals surface area contributed by atoms with Crippen LogP contribution in [0.5, 0.6) is 0 Å². The summed E-state index contributed by atoms with van der Waals surface area (Å²) >= 11 is 4.76. The minimum atomic E-state index is -3.43. The zero-order valence-electron chi connectivity index (χ0n) is 13.5. The lowest BCUT2D eigenvalue weighted by molar-refractivity contribution is 0.102. The molecule has 8 heteroatoms. The van der Waals surface area contributed by atoms with E-state index in [2.05, 4.69) is 26.2 Å². The fourth-order valence-corrected chi connectivity index (χ4v) is 4.72. The summed E-state index contributed by atoms with van der Waals surface area (Å²) in [6, 6.07) is 11.7. The first-order valence-electron chi connectivity index (χ1n) is 7.49. The minimum Gasteiger partial charge on any atom is -0.298 e. The quantitative estimate of drug-likeness (QED) is 0.650. The summed E-state index contributed by atoms with van der Waals surface area (Å²) in [6.45, 7) is 3.22. The zero-order chi connectivity index (χ0) is 18.2. The van der Waals surface area contributed by atoms with Crippen molar-refractivity contribution >= 4 is 58.4 Å². The summed E-state index contributed by atoms with van der Waals surface area (Å²) in [4.78, 5) is 17.0. The number of carbonyl (C=O) groups is 1. The Kier molecular flexibility index (Phi) is 4.95. The van der Waals surface area contributed by atoms with Gasteiger partial charge in [0.25, 0.3) is 5.91 Å². The van der Waals surface area contributed by atoms with Crippen LogP contribution in [0.4, 0.5) is 5.13 Å². The highest BCUT2D eigenvalue weighted by Gasteiger charge is 2.20. The normalized spacial score (nSPS) is 11.8. The van der Waals surface area contributed by atoms with Crippen LogP contribution in [0.2, 0.25) is 0 Å². The molecule has 0 fully saturated rings. The highest BCUT2D eigenvalue weighted by Crippen LogP contribution is 2.29. The van der Waals surface area contributed by atoms with E-state index in [4.69, 9.17) is 0 Å². The van der Waals surface area contributed by atoms with Crippen LogP contribution in [0.3, 0.4) is 0 Å². The van der Waals surface area contributed by atoms with Crippen molar-refractivity contribution in [1.29, 1.82) is 0 Å². The van der Waals surface area contributed by atoms with Crippen LogP contribution in [0.1, 0.15) is 24.2 Å². The number of aromatic nitrogens is 1. The van der Waals surface area contributed by atoms with Crippen molar-refractivity contribution in [2.24, 2.45) is 0 Å². The number of thiazole rings is 1. The predicted octanol–water partition coefficient (Wildman–Crippen LogP) is 4.49. The molecule has 1 N–H and O–H groups in total. The van der Waals surface area contributed by atoms with Gasteiger partial charge in [-0.05, 0) is 50.2 Å². The summed E-state index contributed by atoms with van der Waals surface area (Å²) in [7, 11) is -3.43. The van der Waals surface area contributed by atoms with Gasteiger partial charge in [-0.25, -0.2) is 13.4 Å². The molecular formula is C17H15BrN2O3S2. The Bertz CT molecular complexity index is 1060. The van der Waals surface area contributed by atoms with E-state index in [0.717, 1.165) is 14.7 Å². The largest absolute Gasteiger partial charge is 0.298 e. The average molecular weight is 439 g/mol. The van der Waals surface area contributed by atoms with Crippen molar-refractivity contribution in [1.82, 2.24) is 4.98 Å². The fourth-order valence-electron chi connectivity index (χ4n) is 2.21. The Morgan fingerprint density at radius 1 is 1.20 bits per heavy atom. The van der Waals surface area contributed by atoms with Gasteiger partial charge in [0.1, 0.15) is 0 Å². The first-order chi connectivity index (χ1) is 11.8. The Labute approximate surface area is 158 Å². The van der Waals surface area contributed by atoms with Crippen molar-refractivity contribution < 1.29 is 13.2 Å². The molecule has 0 bridgehead atoms. The van der Waals surface area contributed by atoms with Crippen LogP contribution in [0.25, 0.3) is 10.2 Å². The molecule has 5 nitrogen and oxygen atoms in total. The molecule has 1 aromatic heterocycles. The summed E-state index contributed by atoms with van der Waals surface area (Å²) < 4.78 is 26.4. The molecule has 0 atom stereocenters. The number of rotatable bonds is 4. The number of hydrogen-bond donors (Lipinski definition) is 1. The smallest absolute Gasteiger partial charge is 0.257 e. The molecule has 130 valence electrons. The molecule has 1 amide bonds. The number of sulfone groups is 1. The molecule has 0 unspecified atom stereocenters. The van der Waals surface area contributed by atoms with E-state index in [1.807, 2.05) is 18.2 Å². The van der Waals surface area contributed by atoms with Gasteiger partial charge in [-0.1, -0.05) is 33.3 Å². The first-order valence-corrected chi connectivity index (χ1v) is 10.6. The molecule has 25 heavy (non-hydrogen) atoms. The number of anilines is 1. The molecule has 2 aromatic carbocycles. The van der Waals surface area contributed by atoms with E-state index >= 15 is 0 Å². The lowest BCUT2D eigenvalue weighted by Gasteiger charge is -2.09. The summed E-state index contributed by atoms with van der Waals surface area (Å²) in [5.41, 5.74) is 1.07. The molecule has 3 aromatic rings. The minimum absolute atomic E-state index is 0.142. The van der Waals surface area contributed by atoms with Crippen LogP contribution in [0, 0.1) is 0 Å². The average Bonchev–Trinajstić information content (AvgIpc) is 2.96. The fraction of sp³-hybridized carbons (Fsp3) is 0.176. The van der Waals surface area contributed by atoms with E-state index in [1.54, 1.807) is 26.0 Å². The third-order valence-corrected chi connectivity index (χ3v) is 7.20. The Morgan fingerprint density at radius 3 is 2.68 bits per heavy atom. The van der Waals surface area contributed by atoms with E-state index in [9.17, 15) is 13.2 Å². The second kappa shape index (κ2) is 6.86. The van der Waals surface area contributed by atoms with Crippen molar-refractivity contribution in [3.63, 3.8) is 0 Å². The molecule has 3 rings (SSSR count). The summed E-state index contributed by atoms with van der Waals surface area (Å²) in [6.07, 6.45) is 0. The predicted molar refractivity (Wildman–Crippen MR) is 104 cm³/mol.